The molecule has 1 aliphatic rings. The standard InChI is InChI=1S/C20H28N2O3/c1-14-19(15(2)25-21-14)13-22-10-9-20(24-4)17(12-22)11-16-5-7-18(23-3)8-6-16/h5-8,17,20H,9-13H2,1-4H3/t17-,20+/m1/s1. The van der Waals surface area contributed by atoms with Gasteiger partial charge in [0.15, 0.2) is 0 Å². The molecule has 0 saturated carbocycles. The molecule has 1 saturated heterocycles. The first-order valence-corrected chi connectivity index (χ1v) is 8.90. The van der Waals surface area contributed by atoms with Crippen LogP contribution in [-0.2, 0) is 17.7 Å². The zero-order chi connectivity index (χ0) is 17.8. The lowest BCUT2D eigenvalue weighted by Crippen LogP contribution is -2.44. The number of hydrogen-bond donors (Lipinski definition) is 0. The third-order valence-electron chi connectivity index (χ3n) is 5.27. The molecule has 3 rings (SSSR count). The number of rotatable bonds is 6. The number of piperidine rings is 1. The van der Waals surface area contributed by atoms with Gasteiger partial charge in [-0.3, -0.25) is 4.90 Å². The van der Waals surface area contributed by atoms with Crippen molar-refractivity contribution in [3.8, 4) is 5.75 Å². The van der Waals surface area contributed by atoms with E-state index in [1.54, 1.807) is 7.11 Å². The van der Waals surface area contributed by atoms with Crippen molar-refractivity contribution in [2.24, 2.45) is 5.92 Å². The summed E-state index contributed by atoms with van der Waals surface area (Å²) in [5, 5.41) is 4.08. The minimum atomic E-state index is 0.308. The first-order chi connectivity index (χ1) is 12.1. The lowest BCUT2D eigenvalue weighted by atomic mass is 9.88. The fourth-order valence-corrected chi connectivity index (χ4v) is 3.75. The van der Waals surface area contributed by atoms with Crippen molar-refractivity contribution in [3.05, 3.63) is 46.8 Å². The van der Waals surface area contributed by atoms with Crippen LogP contribution < -0.4 is 4.74 Å². The van der Waals surface area contributed by atoms with Gasteiger partial charge < -0.3 is 14.0 Å². The average Bonchev–Trinajstić information content (AvgIpc) is 2.95. The molecule has 2 atom stereocenters. The molecule has 1 aromatic heterocycles. The summed E-state index contributed by atoms with van der Waals surface area (Å²) in [4.78, 5) is 2.50. The molecule has 2 aromatic rings. The van der Waals surface area contributed by atoms with E-state index in [0.717, 1.165) is 49.7 Å². The topological polar surface area (TPSA) is 47.7 Å². The predicted molar refractivity (Wildman–Crippen MR) is 96.9 cm³/mol. The zero-order valence-electron chi connectivity index (χ0n) is 15.6. The van der Waals surface area contributed by atoms with Gasteiger partial charge in [-0.05, 0) is 44.4 Å². The number of aromatic nitrogens is 1. The largest absolute Gasteiger partial charge is 0.497 e. The summed E-state index contributed by atoms with van der Waals surface area (Å²) in [5.74, 6) is 2.31. The van der Waals surface area contributed by atoms with Gasteiger partial charge >= 0.3 is 0 Å². The van der Waals surface area contributed by atoms with Crippen LogP contribution in [-0.4, -0.2) is 43.5 Å². The molecular formula is C20H28N2O3. The molecule has 0 N–H and O–H groups in total. The van der Waals surface area contributed by atoms with Gasteiger partial charge in [0.2, 0.25) is 0 Å². The molecule has 25 heavy (non-hydrogen) atoms. The molecule has 0 bridgehead atoms. The summed E-state index contributed by atoms with van der Waals surface area (Å²) in [6.07, 6.45) is 2.38. The summed E-state index contributed by atoms with van der Waals surface area (Å²) in [5.41, 5.74) is 3.55. The van der Waals surface area contributed by atoms with Gasteiger partial charge in [-0.1, -0.05) is 17.3 Å². The summed E-state index contributed by atoms with van der Waals surface area (Å²) in [6.45, 7) is 6.97. The summed E-state index contributed by atoms with van der Waals surface area (Å²) >= 11 is 0. The SMILES string of the molecule is COc1ccc(C[C@@H]2CN(Cc3c(C)noc3C)CC[C@@H]2OC)cc1. The molecule has 5 nitrogen and oxygen atoms in total. The van der Waals surface area contributed by atoms with Crippen LogP contribution in [0.4, 0.5) is 0 Å². The van der Waals surface area contributed by atoms with Crippen LogP contribution in [0.5, 0.6) is 5.75 Å². The van der Waals surface area contributed by atoms with Crippen molar-refractivity contribution in [2.45, 2.75) is 39.3 Å². The van der Waals surface area contributed by atoms with Crippen LogP contribution in [0.3, 0.4) is 0 Å². The van der Waals surface area contributed by atoms with E-state index in [0.29, 0.717) is 12.0 Å². The van der Waals surface area contributed by atoms with Gasteiger partial charge in [0.1, 0.15) is 11.5 Å². The monoisotopic (exact) mass is 344 g/mol. The summed E-state index contributed by atoms with van der Waals surface area (Å²) in [7, 11) is 3.53. The van der Waals surface area contributed by atoms with Crippen molar-refractivity contribution in [1.82, 2.24) is 10.1 Å². The maximum absolute atomic E-state index is 5.77. The third kappa shape index (κ3) is 4.22. The Morgan fingerprint density at radius 1 is 1.20 bits per heavy atom. The van der Waals surface area contributed by atoms with Crippen molar-refractivity contribution in [1.29, 1.82) is 0 Å². The van der Waals surface area contributed by atoms with Crippen molar-refractivity contribution in [2.75, 3.05) is 27.3 Å². The molecule has 1 aliphatic heterocycles. The fourth-order valence-electron chi connectivity index (χ4n) is 3.75. The number of likely N-dealkylation sites (tertiary alicyclic amines) is 1. The van der Waals surface area contributed by atoms with Gasteiger partial charge in [0.05, 0.1) is 18.9 Å². The normalized spacial score (nSPS) is 21.4. The Hall–Kier alpha value is -1.85. The average molecular weight is 344 g/mol. The van der Waals surface area contributed by atoms with E-state index in [1.807, 2.05) is 33.1 Å². The van der Waals surface area contributed by atoms with Crippen LogP contribution in [0.15, 0.2) is 28.8 Å². The Bertz CT molecular complexity index is 661. The molecule has 5 heteroatoms. The van der Waals surface area contributed by atoms with E-state index < -0.39 is 0 Å². The Kier molecular flexibility index (Phi) is 5.76. The molecule has 2 heterocycles. The molecule has 1 aromatic carbocycles. The Morgan fingerprint density at radius 2 is 1.96 bits per heavy atom. The number of nitrogens with zero attached hydrogens (tertiary/aromatic N) is 2. The number of aryl methyl sites for hydroxylation is 2. The van der Waals surface area contributed by atoms with E-state index in [2.05, 4.69) is 22.2 Å². The van der Waals surface area contributed by atoms with E-state index in [9.17, 15) is 0 Å². The smallest absolute Gasteiger partial charge is 0.138 e. The van der Waals surface area contributed by atoms with E-state index >= 15 is 0 Å². The molecule has 0 aliphatic carbocycles. The number of methoxy groups -OCH3 is 2. The van der Waals surface area contributed by atoms with Crippen LogP contribution in [0, 0.1) is 19.8 Å². The van der Waals surface area contributed by atoms with Gasteiger partial charge in [-0.15, -0.1) is 0 Å². The minimum Gasteiger partial charge on any atom is -0.497 e. The molecule has 136 valence electrons. The van der Waals surface area contributed by atoms with Gasteiger partial charge in [-0.25, -0.2) is 0 Å². The molecule has 1 fully saturated rings. The number of ether oxygens (including phenoxy) is 2. The first kappa shape index (κ1) is 18.0. The highest BCUT2D eigenvalue weighted by atomic mass is 16.5. The van der Waals surface area contributed by atoms with Crippen molar-refractivity contribution < 1.29 is 14.0 Å². The predicted octanol–water partition coefficient (Wildman–Crippen LogP) is 3.38. The Morgan fingerprint density at radius 3 is 2.56 bits per heavy atom. The lowest BCUT2D eigenvalue weighted by molar-refractivity contribution is -0.00860. The van der Waals surface area contributed by atoms with Crippen LogP contribution in [0.1, 0.15) is 29.0 Å². The van der Waals surface area contributed by atoms with Crippen molar-refractivity contribution >= 4 is 0 Å². The second kappa shape index (κ2) is 8.02. The van der Waals surface area contributed by atoms with Crippen LogP contribution in [0.25, 0.3) is 0 Å². The molecule has 0 radical (unpaired) electrons. The molecule has 0 unspecified atom stereocenters. The maximum Gasteiger partial charge on any atom is 0.138 e. The van der Waals surface area contributed by atoms with Gasteiger partial charge in [-0.2, -0.15) is 0 Å². The highest BCUT2D eigenvalue weighted by molar-refractivity contribution is 5.27. The number of benzene rings is 1. The second-order valence-electron chi connectivity index (χ2n) is 6.91. The highest BCUT2D eigenvalue weighted by Crippen LogP contribution is 2.26. The van der Waals surface area contributed by atoms with E-state index in [1.165, 1.54) is 11.1 Å². The summed E-state index contributed by atoms with van der Waals surface area (Å²) < 4.78 is 16.3. The molecular weight excluding hydrogens is 316 g/mol. The third-order valence-corrected chi connectivity index (χ3v) is 5.27. The van der Waals surface area contributed by atoms with Crippen LogP contribution >= 0.6 is 0 Å². The lowest BCUT2D eigenvalue weighted by Gasteiger charge is -2.38. The molecule has 0 amide bonds. The highest BCUT2D eigenvalue weighted by Gasteiger charge is 2.30. The van der Waals surface area contributed by atoms with E-state index in [-0.39, 0.29) is 0 Å². The molecule has 0 spiro atoms. The minimum absolute atomic E-state index is 0.308. The summed E-state index contributed by atoms with van der Waals surface area (Å²) in [6, 6.07) is 8.36. The Balaban J connectivity index is 1.67. The Labute approximate surface area is 149 Å². The van der Waals surface area contributed by atoms with Crippen molar-refractivity contribution in [3.63, 3.8) is 0 Å². The van der Waals surface area contributed by atoms with E-state index in [4.69, 9.17) is 14.0 Å². The zero-order valence-corrected chi connectivity index (χ0v) is 15.6. The first-order valence-electron chi connectivity index (χ1n) is 8.90. The fraction of sp³-hybridized carbons (Fsp3) is 0.550. The van der Waals surface area contributed by atoms with Crippen LogP contribution in [0.2, 0.25) is 0 Å². The van der Waals surface area contributed by atoms with Gasteiger partial charge in [0.25, 0.3) is 0 Å². The maximum atomic E-state index is 5.77. The quantitative estimate of drug-likeness (QED) is 0.804. The number of hydrogen-bond acceptors (Lipinski definition) is 5. The second-order valence-corrected chi connectivity index (χ2v) is 6.91. The van der Waals surface area contributed by atoms with Gasteiger partial charge in [0, 0.05) is 38.2 Å².